The fourth-order valence-corrected chi connectivity index (χ4v) is 0.560. The van der Waals surface area contributed by atoms with Gasteiger partial charge in [-0.05, 0) is 13.3 Å². The van der Waals surface area contributed by atoms with Crippen molar-refractivity contribution in [2.24, 2.45) is 5.92 Å². The molecule has 2 unspecified atom stereocenters. The van der Waals surface area contributed by atoms with E-state index in [9.17, 15) is 4.79 Å². The van der Waals surface area contributed by atoms with Crippen LogP contribution in [0.25, 0.3) is 0 Å². The lowest BCUT2D eigenvalue weighted by atomic mass is 10.1. The molecule has 2 radical (unpaired) electrons. The quantitative estimate of drug-likeness (QED) is 0.534. The van der Waals surface area contributed by atoms with Gasteiger partial charge in [-0.25, -0.2) is 0 Å². The van der Waals surface area contributed by atoms with Crippen molar-refractivity contribution in [1.82, 2.24) is 4.81 Å². The Balaban J connectivity index is 4.02. The molecule has 0 saturated heterocycles. The van der Waals surface area contributed by atoms with Gasteiger partial charge in [0.25, 0.3) is 0 Å². The van der Waals surface area contributed by atoms with Gasteiger partial charge < -0.3 is 4.81 Å². The second kappa shape index (κ2) is 4.37. The lowest BCUT2D eigenvalue weighted by Gasteiger charge is -2.18. The highest BCUT2D eigenvalue weighted by atomic mass is 16.2. The van der Waals surface area contributed by atoms with Crippen molar-refractivity contribution in [3.63, 3.8) is 0 Å². The summed E-state index contributed by atoms with van der Waals surface area (Å²) in [7, 11) is 5.36. The molecule has 2 nitrogen and oxygen atoms in total. The summed E-state index contributed by atoms with van der Waals surface area (Å²) in [5, 5.41) is 0. The molecule has 0 aliphatic heterocycles. The van der Waals surface area contributed by atoms with Crippen molar-refractivity contribution in [3.8, 4) is 0 Å². The number of rotatable bonds is 3. The zero-order chi connectivity index (χ0) is 9.02. The molecule has 0 N–H and O–H groups in total. The number of carbonyl (C=O) groups is 1. The van der Waals surface area contributed by atoms with E-state index < -0.39 is 0 Å². The van der Waals surface area contributed by atoms with Crippen LogP contribution in [0.1, 0.15) is 28.5 Å². The molecule has 0 rings (SSSR count). The lowest BCUT2D eigenvalue weighted by molar-refractivity contribution is -0.130. The zero-order valence-corrected chi connectivity index (χ0v) is 6.79. The summed E-state index contributed by atoms with van der Waals surface area (Å²) < 4.78 is 7.28. The van der Waals surface area contributed by atoms with E-state index in [1.54, 1.807) is 20.8 Å². The molecule has 0 aliphatic carbocycles. The monoisotopic (exact) mass is 140 g/mol. The van der Waals surface area contributed by atoms with E-state index in [0.29, 0.717) is 6.54 Å². The third kappa shape index (κ3) is 2.42. The molecule has 10 heavy (non-hydrogen) atoms. The largest absolute Gasteiger partial charge is 0.397 e. The Morgan fingerprint density at radius 2 is 2.30 bits per heavy atom. The van der Waals surface area contributed by atoms with Crippen LogP contribution < -0.4 is 0 Å². The first kappa shape index (κ1) is 7.64. The molecule has 1 amide bonds. The maximum atomic E-state index is 11.2. The van der Waals surface area contributed by atoms with Crippen molar-refractivity contribution < 1.29 is 6.17 Å². The van der Waals surface area contributed by atoms with E-state index in [2.05, 4.69) is 0 Å². The predicted octanol–water partition coefficient (Wildman–Crippen LogP) is 0.965. The first-order chi connectivity index (χ1) is 5.00. The number of carbonyl (C=O) groups excluding carboxylic acids is 1. The van der Waals surface area contributed by atoms with Gasteiger partial charge in [-0.2, -0.15) is 0 Å². The van der Waals surface area contributed by atoms with Gasteiger partial charge in [0.1, 0.15) is 0 Å². The van der Waals surface area contributed by atoms with Crippen LogP contribution in [0.4, 0.5) is 0 Å². The van der Waals surface area contributed by atoms with Gasteiger partial charge in [0.15, 0.2) is 0 Å². The highest BCUT2D eigenvalue weighted by Crippen LogP contribution is 2.03. The van der Waals surface area contributed by atoms with Gasteiger partial charge in [-0.1, -0.05) is 13.8 Å². The highest BCUT2D eigenvalue weighted by molar-refractivity contribution is 6.14. The normalized spacial score (nSPS) is 17.3. The van der Waals surface area contributed by atoms with Gasteiger partial charge in [0.2, 0.25) is 13.9 Å². The van der Waals surface area contributed by atoms with Crippen LogP contribution in [-0.4, -0.2) is 25.2 Å². The molecule has 0 spiro atoms. The third-order valence-corrected chi connectivity index (χ3v) is 1.51. The number of nitrogens with zero attached hydrogens (tertiary/aromatic N) is 1. The van der Waals surface area contributed by atoms with Crippen LogP contribution in [0, 0.1) is 5.92 Å². The average Bonchev–Trinajstić information content (AvgIpc) is 2.00. The Bertz CT molecular complexity index is 140. The van der Waals surface area contributed by atoms with Crippen LogP contribution in [0.2, 0.25) is 0 Å². The first-order valence-corrected chi connectivity index (χ1v) is 3.49. The molecular weight excluding hydrogens is 125 g/mol. The fourth-order valence-electron chi connectivity index (χ4n) is 0.560. The summed E-state index contributed by atoms with van der Waals surface area (Å²) in [6, 6.07) is 0. The summed E-state index contributed by atoms with van der Waals surface area (Å²) >= 11 is 0. The maximum Gasteiger partial charge on any atom is 0.230 e. The van der Waals surface area contributed by atoms with Gasteiger partial charge >= 0.3 is 0 Å². The van der Waals surface area contributed by atoms with Gasteiger partial charge in [0.05, 0.1) is 0 Å². The smallest absolute Gasteiger partial charge is 0.230 e. The first-order valence-electron chi connectivity index (χ1n) is 4.06. The average molecular weight is 140 g/mol. The minimum absolute atomic E-state index is 0.157. The summed E-state index contributed by atoms with van der Waals surface area (Å²) in [4.78, 5) is 12.3. The second-order valence-electron chi connectivity index (χ2n) is 2.25. The molecule has 0 aromatic carbocycles. The molecule has 0 bridgehead atoms. The summed E-state index contributed by atoms with van der Waals surface area (Å²) in [6.07, 6.45) is -0.389. The van der Waals surface area contributed by atoms with Crippen molar-refractivity contribution in [2.45, 2.75) is 27.2 Å². The topological polar surface area (TPSA) is 20.3 Å². The Morgan fingerprint density at radius 1 is 1.80 bits per heavy atom. The molecule has 0 aromatic heterocycles. The third-order valence-electron chi connectivity index (χ3n) is 1.51. The molecule has 0 aromatic rings. The van der Waals surface area contributed by atoms with Crippen LogP contribution in [0.3, 0.4) is 0 Å². The van der Waals surface area contributed by atoms with Crippen molar-refractivity contribution in [1.29, 1.82) is 0 Å². The van der Waals surface area contributed by atoms with E-state index in [-0.39, 0.29) is 18.2 Å². The minimum atomic E-state index is -0.389. The minimum Gasteiger partial charge on any atom is -0.397 e. The SMILES string of the molecule is [2H]C(C)C(C)C(=O)N([B])CC. The molecular formula is C7H14BNO. The molecule has 3 heteroatoms. The van der Waals surface area contributed by atoms with Crippen LogP contribution >= 0.6 is 0 Å². The van der Waals surface area contributed by atoms with E-state index >= 15 is 0 Å². The fraction of sp³-hybridized carbons (Fsp3) is 0.857. The standard InChI is InChI=1S/C7H14BNO/c1-4-6(3)7(10)9(8)5-2/h6H,4-5H2,1-3H3/i4D. The summed E-state index contributed by atoms with van der Waals surface area (Å²) in [6.45, 7) is 5.71. The zero-order valence-electron chi connectivity index (χ0n) is 7.79. The van der Waals surface area contributed by atoms with Gasteiger partial charge in [-0.15, -0.1) is 0 Å². The molecule has 2 atom stereocenters. The van der Waals surface area contributed by atoms with Crippen molar-refractivity contribution in [3.05, 3.63) is 0 Å². The number of amides is 1. The van der Waals surface area contributed by atoms with Crippen LogP contribution in [0.15, 0.2) is 0 Å². The van der Waals surface area contributed by atoms with E-state index in [0.717, 1.165) is 4.81 Å². The van der Waals surface area contributed by atoms with E-state index in [1.165, 1.54) is 0 Å². The number of hydrogen-bond acceptors (Lipinski definition) is 1. The summed E-state index contributed by atoms with van der Waals surface area (Å²) in [5.41, 5.74) is 0. The lowest BCUT2D eigenvalue weighted by Crippen LogP contribution is -2.32. The van der Waals surface area contributed by atoms with Crippen molar-refractivity contribution in [2.75, 3.05) is 6.54 Å². The maximum absolute atomic E-state index is 11.2. The summed E-state index contributed by atoms with van der Waals surface area (Å²) in [5.74, 6) is -0.463. The van der Waals surface area contributed by atoms with Gasteiger partial charge in [-0.3, -0.25) is 4.79 Å². The Labute approximate surface area is 65.4 Å². The Morgan fingerprint density at radius 3 is 2.60 bits per heavy atom. The van der Waals surface area contributed by atoms with Crippen LogP contribution in [-0.2, 0) is 4.79 Å². The van der Waals surface area contributed by atoms with Gasteiger partial charge in [0, 0.05) is 13.8 Å². The Hall–Kier alpha value is -0.465. The second-order valence-corrected chi connectivity index (χ2v) is 2.25. The van der Waals surface area contributed by atoms with E-state index in [1.807, 2.05) is 0 Å². The molecule has 0 saturated carbocycles. The number of hydrogen-bond donors (Lipinski definition) is 0. The Kier molecular flexibility index (Phi) is 3.34. The molecule has 56 valence electrons. The molecule has 0 aliphatic rings. The van der Waals surface area contributed by atoms with Crippen molar-refractivity contribution >= 4 is 13.9 Å². The molecule has 0 heterocycles. The van der Waals surface area contributed by atoms with E-state index in [4.69, 9.17) is 9.35 Å². The predicted molar refractivity (Wildman–Crippen MR) is 42.6 cm³/mol. The molecule has 0 fully saturated rings. The highest BCUT2D eigenvalue weighted by Gasteiger charge is 2.12. The van der Waals surface area contributed by atoms with Crippen LogP contribution in [0.5, 0.6) is 0 Å².